The fourth-order valence-corrected chi connectivity index (χ4v) is 1.25. The molecule has 0 aliphatic heterocycles. The van der Waals surface area contributed by atoms with E-state index in [0.717, 1.165) is 0 Å². The Labute approximate surface area is 103 Å². The standard InChI is InChI=1S/C11H14FN3O3/c1-2-18-9-4-3-7(5-8(9)12)14-6-10(16)15-11(13)17/h3-5,14H,2,6H2,1H3,(H3,13,15,16,17). The van der Waals surface area contributed by atoms with E-state index < -0.39 is 17.8 Å². The van der Waals surface area contributed by atoms with Crippen LogP contribution >= 0.6 is 0 Å². The fraction of sp³-hybridized carbons (Fsp3) is 0.273. The lowest BCUT2D eigenvalue weighted by Crippen LogP contribution is -2.38. The zero-order valence-electron chi connectivity index (χ0n) is 9.83. The zero-order valence-corrected chi connectivity index (χ0v) is 9.83. The summed E-state index contributed by atoms with van der Waals surface area (Å²) in [7, 11) is 0. The number of imide groups is 1. The van der Waals surface area contributed by atoms with Crippen LogP contribution < -0.4 is 21.1 Å². The predicted molar refractivity (Wildman–Crippen MR) is 63.8 cm³/mol. The lowest BCUT2D eigenvalue weighted by Gasteiger charge is -2.08. The van der Waals surface area contributed by atoms with E-state index in [9.17, 15) is 14.0 Å². The molecular formula is C11H14FN3O3. The van der Waals surface area contributed by atoms with Crippen LogP contribution in [0.2, 0.25) is 0 Å². The molecule has 98 valence electrons. The summed E-state index contributed by atoms with van der Waals surface area (Å²) in [5.41, 5.74) is 5.16. The van der Waals surface area contributed by atoms with Crippen molar-refractivity contribution < 1.29 is 18.7 Å². The Bertz CT molecular complexity index is 451. The molecule has 7 heteroatoms. The average Bonchev–Trinajstić information content (AvgIpc) is 2.29. The maximum Gasteiger partial charge on any atom is 0.318 e. The molecular weight excluding hydrogens is 241 g/mol. The van der Waals surface area contributed by atoms with Gasteiger partial charge in [0, 0.05) is 11.8 Å². The molecule has 0 saturated heterocycles. The van der Waals surface area contributed by atoms with E-state index in [1.54, 1.807) is 13.0 Å². The number of carbonyl (C=O) groups excluding carboxylic acids is 2. The Kier molecular flexibility index (Phi) is 4.91. The smallest absolute Gasteiger partial charge is 0.318 e. The number of carbonyl (C=O) groups is 2. The molecule has 18 heavy (non-hydrogen) atoms. The molecule has 4 N–H and O–H groups in total. The molecule has 1 aromatic carbocycles. The molecule has 3 amide bonds. The lowest BCUT2D eigenvalue weighted by molar-refractivity contribution is -0.118. The van der Waals surface area contributed by atoms with E-state index in [4.69, 9.17) is 10.5 Å². The minimum Gasteiger partial charge on any atom is -0.491 e. The third kappa shape index (κ3) is 4.28. The Morgan fingerprint density at radius 2 is 2.17 bits per heavy atom. The number of amides is 3. The summed E-state index contributed by atoms with van der Waals surface area (Å²) in [5, 5.41) is 4.52. The second kappa shape index (κ2) is 6.43. The van der Waals surface area contributed by atoms with Crippen molar-refractivity contribution in [3.8, 4) is 5.75 Å². The van der Waals surface area contributed by atoms with Gasteiger partial charge in [-0.2, -0.15) is 0 Å². The molecule has 0 atom stereocenters. The maximum atomic E-state index is 13.4. The second-order valence-electron chi connectivity index (χ2n) is 3.34. The minimum atomic E-state index is -0.931. The van der Waals surface area contributed by atoms with Crippen LogP contribution in [0.25, 0.3) is 0 Å². The highest BCUT2D eigenvalue weighted by molar-refractivity contribution is 5.95. The van der Waals surface area contributed by atoms with E-state index in [0.29, 0.717) is 12.3 Å². The highest BCUT2D eigenvalue weighted by Gasteiger charge is 2.06. The number of rotatable bonds is 5. The summed E-state index contributed by atoms with van der Waals surface area (Å²) in [6.45, 7) is 1.93. The number of halogens is 1. The van der Waals surface area contributed by atoms with E-state index in [1.165, 1.54) is 12.1 Å². The summed E-state index contributed by atoms with van der Waals surface area (Å²) in [6.07, 6.45) is 0. The first-order valence-corrected chi connectivity index (χ1v) is 5.28. The first-order chi connectivity index (χ1) is 8.52. The van der Waals surface area contributed by atoms with Gasteiger partial charge in [0.15, 0.2) is 11.6 Å². The van der Waals surface area contributed by atoms with E-state index in [1.807, 2.05) is 5.32 Å². The normalized spacial score (nSPS) is 9.67. The third-order valence-corrected chi connectivity index (χ3v) is 1.95. The molecule has 0 aliphatic rings. The molecule has 0 saturated carbocycles. The van der Waals surface area contributed by atoms with Gasteiger partial charge in [-0.25, -0.2) is 9.18 Å². The molecule has 0 bridgehead atoms. The zero-order chi connectivity index (χ0) is 13.5. The van der Waals surface area contributed by atoms with Crippen molar-refractivity contribution in [3.05, 3.63) is 24.0 Å². The number of hydrogen-bond acceptors (Lipinski definition) is 4. The van der Waals surface area contributed by atoms with Crippen LogP contribution in [0.15, 0.2) is 18.2 Å². The van der Waals surface area contributed by atoms with Crippen LogP contribution in [0.5, 0.6) is 5.75 Å². The van der Waals surface area contributed by atoms with Crippen molar-refractivity contribution in [2.75, 3.05) is 18.5 Å². The van der Waals surface area contributed by atoms with Crippen molar-refractivity contribution in [1.82, 2.24) is 5.32 Å². The number of ether oxygens (including phenoxy) is 1. The summed E-state index contributed by atoms with van der Waals surface area (Å²) in [4.78, 5) is 21.5. The SMILES string of the molecule is CCOc1ccc(NCC(=O)NC(N)=O)cc1F. The highest BCUT2D eigenvalue weighted by Crippen LogP contribution is 2.20. The summed E-state index contributed by atoms with van der Waals surface area (Å²) in [5.74, 6) is -0.987. The van der Waals surface area contributed by atoms with Gasteiger partial charge in [0.05, 0.1) is 13.2 Å². The molecule has 0 aliphatic carbocycles. The van der Waals surface area contributed by atoms with Crippen LogP contribution in [0.4, 0.5) is 14.9 Å². The van der Waals surface area contributed by atoms with Crippen molar-refractivity contribution in [3.63, 3.8) is 0 Å². The average molecular weight is 255 g/mol. The van der Waals surface area contributed by atoms with Crippen molar-refractivity contribution in [2.24, 2.45) is 5.73 Å². The molecule has 1 aromatic rings. The topological polar surface area (TPSA) is 93.4 Å². The molecule has 0 heterocycles. The van der Waals surface area contributed by atoms with Gasteiger partial charge in [-0.15, -0.1) is 0 Å². The number of anilines is 1. The van der Waals surface area contributed by atoms with E-state index >= 15 is 0 Å². The highest BCUT2D eigenvalue weighted by atomic mass is 19.1. The van der Waals surface area contributed by atoms with Crippen molar-refractivity contribution in [2.45, 2.75) is 6.92 Å². The van der Waals surface area contributed by atoms with Gasteiger partial charge in [0.25, 0.3) is 0 Å². The van der Waals surface area contributed by atoms with Gasteiger partial charge in [0.2, 0.25) is 5.91 Å². The third-order valence-electron chi connectivity index (χ3n) is 1.95. The largest absolute Gasteiger partial charge is 0.491 e. The summed E-state index contributed by atoms with van der Waals surface area (Å²) < 4.78 is 18.5. The number of primary amides is 1. The number of benzene rings is 1. The number of nitrogens with one attached hydrogen (secondary N) is 2. The van der Waals surface area contributed by atoms with E-state index in [-0.39, 0.29) is 12.3 Å². The van der Waals surface area contributed by atoms with Crippen molar-refractivity contribution in [1.29, 1.82) is 0 Å². The molecule has 6 nitrogen and oxygen atoms in total. The van der Waals surface area contributed by atoms with Gasteiger partial charge in [-0.3, -0.25) is 10.1 Å². The Morgan fingerprint density at radius 1 is 1.44 bits per heavy atom. The minimum absolute atomic E-state index is 0.143. The molecule has 0 unspecified atom stereocenters. The first-order valence-electron chi connectivity index (χ1n) is 5.28. The van der Waals surface area contributed by atoms with Crippen LogP contribution in [-0.4, -0.2) is 25.1 Å². The molecule has 0 fully saturated rings. The van der Waals surface area contributed by atoms with Crippen LogP contribution in [0, 0.1) is 5.82 Å². The van der Waals surface area contributed by atoms with Gasteiger partial charge < -0.3 is 15.8 Å². The lowest BCUT2D eigenvalue weighted by atomic mass is 10.3. The quantitative estimate of drug-likeness (QED) is 0.726. The maximum absolute atomic E-state index is 13.4. The van der Waals surface area contributed by atoms with Gasteiger partial charge in [-0.05, 0) is 19.1 Å². The molecule has 1 rings (SSSR count). The monoisotopic (exact) mass is 255 g/mol. The van der Waals surface area contributed by atoms with Gasteiger partial charge in [-0.1, -0.05) is 0 Å². The predicted octanol–water partition coefficient (Wildman–Crippen LogP) is 0.831. The number of hydrogen-bond donors (Lipinski definition) is 3. The second-order valence-corrected chi connectivity index (χ2v) is 3.34. The summed E-state index contributed by atoms with van der Waals surface area (Å²) in [6, 6.07) is 3.28. The van der Waals surface area contributed by atoms with E-state index in [2.05, 4.69) is 5.32 Å². The summed E-state index contributed by atoms with van der Waals surface area (Å²) >= 11 is 0. The molecule has 0 radical (unpaired) electrons. The Hall–Kier alpha value is -2.31. The van der Waals surface area contributed by atoms with Crippen LogP contribution in [-0.2, 0) is 4.79 Å². The molecule has 0 spiro atoms. The van der Waals surface area contributed by atoms with Crippen LogP contribution in [0.3, 0.4) is 0 Å². The van der Waals surface area contributed by atoms with Crippen molar-refractivity contribution >= 4 is 17.6 Å². The van der Waals surface area contributed by atoms with Crippen LogP contribution in [0.1, 0.15) is 6.92 Å². The number of nitrogens with two attached hydrogens (primary N) is 1. The van der Waals surface area contributed by atoms with Gasteiger partial charge in [0.1, 0.15) is 0 Å². The Morgan fingerprint density at radius 3 is 2.72 bits per heavy atom. The first kappa shape index (κ1) is 13.8. The van der Waals surface area contributed by atoms with Gasteiger partial charge >= 0.3 is 6.03 Å². The Balaban J connectivity index is 2.55. The fourth-order valence-electron chi connectivity index (χ4n) is 1.25. The number of urea groups is 1. The molecule has 0 aromatic heterocycles.